The Kier molecular flexibility index (Phi) is 5.67. The largest absolute Gasteiger partial charge is 0.493 e. The van der Waals surface area contributed by atoms with Crippen LogP contribution in [0.15, 0.2) is 28.9 Å². The number of ether oxygens (including phenoxy) is 2. The summed E-state index contributed by atoms with van der Waals surface area (Å²) in [6, 6.07) is 4.76. The highest BCUT2D eigenvalue weighted by molar-refractivity contribution is 5.60. The van der Waals surface area contributed by atoms with E-state index in [4.69, 9.17) is 9.26 Å². The first-order valence-corrected chi connectivity index (χ1v) is 9.63. The van der Waals surface area contributed by atoms with Crippen LogP contribution in [0.1, 0.15) is 36.0 Å². The number of aromatic nitrogens is 4. The molecule has 160 valence electrons. The summed E-state index contributed by atoms with van der Waals surface area (Å²) in [5, 5.41) is 8.42. The first kappa shape index (κ1) is 20.3. The molecule has 0 fully saturated rings. The van der Waals surface area contributed by atoms with E-state index in [-0.39, 0.29) is 17.5 Å². The fourth-order valence-corrected chi connectivity index (χ4v) is 3.90. The summed E-state index contributed by atoms with van der Waals surface area (Å²) < 4.78 is 42.0. The average molecular weight is 419 g/mol. The fourth-order valence-electron chi connectivity index (χ4n) is 3.90. The van der Waals surface area contributed by atoms with Gasteiger partial charge in [-0.15, -0.1) is 0 Å². The predicted octanol–water partition coefficient (Wildman–Crippen LogP) is 3.59. The van der Waals surface area contributed by atoms with E-state index in [1.54, 1.807) is 12.1 Å². The fraction of sp³-hybridized carbons (Fsp3) is 0.450. The summed E-state index contributed by atoms with van der Waals surface area (Å²) in [7, 11) is 5.37. The molecule has 2 aromatic heterocycles. The van der Waals surface area contributed by atoms with Crippen LogP contribution in [0.3, 0.4) is 0 Å². The molecular formula is C20H23F2N5O3. The van der Waals surface area contributed by atoms with Gasteiger partial charge in [0.15, 0.2) is 11.5 Å². The minimum Gasteiger partial charge on any atom is -0.493 e. The van der Waals surface area contributed by atoms with Gasteiger partial charge < -0.3 is 14.0 Å². The molecular weight excluding hydrogens is 396 g/mol. The van der Waals surface area contributed by atoms with Crippen molar-refractivity contribution in [3.05, 3.63) is 41.5 Å². The van der Waals surface area contributed by atoms with Crippen molar-refractivity contribution in [1.29, 1.82) is 0 Å². The maximum Gasteiger partial charge on any atom is 0.387 e. The normalized spacial score (nSPS) is 16.2. The van der Waals surface area contributed by atoms with Crippen molar-refractivity contribution in [1.82, 2.24) is 24.8 Å². The second kappa shape index (κ2) is 8.39. The zero-order chi connectivity index (χ0) is 21.3. The Bertz CT molecular complexity index is 1020. The van der Waals surface area contributed by atoms with Crippen LogP contribution in [0, 0.1) is 0 Å². The molecule has 1 aliphatic carbocycles. The molecule has 0 unspecified atom stereocenters. The first-order valence-electron chi connectivity index (χ1n) is 9.63. The van der Waals surface area contributed by atoms with Gasteiger partial charge in [0.1, 0.15) is 0 Å². The van der Waals surface area contributed by atoms with E-state index in [1.807, 2.05) is 25.0 Å². The van der Waals surface area contributed by atoms with Crippen molar-refractivity contribution < 1.29 is 22.8 Å². The molecule has 3 aromatic rings. The van der Waals surface area contributed by atoms with Gasteiger partial charge in [-0.2, -0.15) is 18.9 Å². The molecule has 0 bridgehead atoms. The first-order chi connectivity index (χ1) is 14.5. The molecule has 0 aliphatic heterocycles. The molecule has 0 spiro atoms. The summed E-state index contributed by atoms with van der Waals surface area (Å²) >= 11 is 0. The molecule has 10 heteroatoms. The van der Waals surface area contributed by atoms with Gasteiger partial charge in [0.05, 0.1) is 19.9 Å². The van der Waals surface area contributed by atoms with Crippen LogP contribution in [0.4, 0.5) is 8.78 Å². The van der Waals surface area contributed by atoms with Gasteiger partial charge in [-0.25, -0.2) is 0 Å². The van der Waals surface area contributed by atoms with Crippen molar-refractivity contribution >= 4 is 0 Å². The standard InChI is InChI=1S/C20H23F2N5O3/c1-26(14-5-4-6-15-13(14)10-23-27(15)2)11-18-24-19(25-30-18)12-7-8-16(29-20(21)22)17(9-12)28-3/h7-10,14,20H,4-6,11H2,1-3H3/t14-/m0/s1. The molecule has 8 nitrogen and oxygen atoms in total. The van der Waals surface area contributed by atoms with Crippen molar-refractivity contribution in [3.63, 3.8) is 0 Å². The number of methoxy groups -OCH3 is 1. The van der Waals surface area contributed by atoms with Crippen LogP contribution in [-0.4, -0.2) is 45.6 Å². The topological polar surface area (TPSA) is 78.4 Å². The number of aryl methyl sites for hydroxylation is 1. The third-order valence-corrected chi connectivity index (χ3v) is 5.37. The number of nitrogens with zero attached hydrogens (tertiary/aromatic N) is 5. The zero-order valence-electron chi connectivity index (χ0n) is 17.0. The molecule has 2 heterocycles. The Labute approximate surface area is 172 Å². The van der Waals surface area contributed by atoms with Crippen molar-refractivity contribution in [2.45, 2.75) is 38.5 Å². The molecule has 1 atom stereocenters. The average Bonchev–Trinajstić information content (AvgIpc) is 3.35. The Morgan fingerprint density at radius 3 is 2.93 bits per heavy atom. The monoisotopic (exact) mass is 419 g/mol. The second-order valence-electron chi connectivity index (χ2n) is 7.25. The van der Waals surface area contributed by atoms with Gasteiger partial charge in [-0.05, 0) is 44.5 Å². The summed E-state index contributed by atoms with van der Waals surface area (Å²) in [6.07, 6.45) is 5.11. The van der Waals surface area contributed by atoms with Crippen LogP contribution in [-0.2, 0) is 20.0 Å². The van der Waals surface area contributed by atoms with Crippen LogP contribution in [0.5, 0.6) is 11.5 Å². The summed E-state index contributed by atoms with van der Waals surface area (Å²) in [5.41, 5.74) is 3.09. The smallest absolute Gasteiger partial charge is 0.387 e. The highest BCUT2D eigenvalue weighted by Gasteiger charge is 2.27. The van der Waals surface area contributed by atoms with Crippen molar-refractivity contribution in [3.8, 4) is 22.9 Å². The highest BCUT2D eigenvalue weighted by Crippen LogP contribution is 2.35. The number of benzene rings is 1. The lowest BCUT2D eigenvalue weighted by Gasteiger charge is -2.30. The van der Waals surface area contributed by atoms with E-state index in [2.05, 4.69) is 24.9 Å². The predicted molar refractivity (Wildman–Crippen MR) is 103 cm³/mol. The Hall–Kier alpha value is -3.01. The van der Waals surface area contributed by atoms with Gasteiger partial charge in [-0.1, -0.05) is 5.16 Å². The van der Waals surface area contributed by atoms with Gasteiger partial charge in [0, 0.05) is 29.9 Å². The number of hydrogen-bond acceptors (Lipinski definition) is 7. The molecule has 1 aromatic carbocycles. The lowest BCUT2D eigenvalue weighted by Crippen LogP contribution is -2.27. The number of alkyl halides is 2. The van der Waals surface area contributed by atoms with E-state index in [0.29, 0.717) is 23.8 Å². The van der Waals surface area contributed by atoms with Gasteiger partial charge >= 0.3 is 6.61 Å². The Morgan fingerprint density at radius 1 is 1.33 bits per heavy atom. The van der Waals surface area contributed by atoms with E-state index >= 15 is 0 Å². The number of rotatable bonds is 7. The van der Waals surface area contributed by atoms with Crippen LogP contribution in [0.2, 0.25) is 0 Å². The van der Waals surface area contributed by atoms with E-state index < -0.39 is 6.61 Å². The molecule has 0 N–H and O–H groups in total. The zero-order valence-corrected chi connectivity index (χ0v) is 17.0. The van der Waals surface area contributed by atoms with Gasteiger partial charge in [-0.3, -0.25) is 9.58 Å². The molecule has 0 amide bonds. The molecule has 0 radical (unpaired) electrons. The van der Waals surface area contributed by atoms with E-state index in [0.717, 1.165) is 19.3 Å². The van der Waals surface area contributed by atoms with Crippen LogP contribution in [0.25, 0.3) is 11.4 Å². The quantitative estimate of drug-likeness (QED) is 0.579. The van der Waals surface area contributed by atoms with E-state index in [9.17, 15) is 8.78 Å². The minimum atomic E-state index is -2.93. The van der Waals surface area contributed by atoms with Crippen LogP contribution < -0.4 is 9.47 Å². The lowest BCUT2D eigenvalue weighted by molar-refractivity contribution is -0.0512. The lowest BCUT2D eigenvalue weighted by atomic mass is 9.92. The summed E-state index contributed by atoms with van der Waals surface area (Å²) in [5.74, 6) is 0.938. The van der Waals surface area contributed by atoms with Crippen molar-refractivity contribution in [2.75, 3.05) is 14.2 Å². The highest BCUT2D eigenvalue weighted by atomic mass is 19.3. The van der Waals surface area contributed by atoms with E-state index in [1.165, 1.54) is 24.4 Å². The summed E-state index contributed by atoms with van der Waals surface area (Å²) in [6.45, 7) is -2.45. The SMILES string of the molecule is COc1cc(-c2noc(CN(C)[C@H]3CCCc4c3cnn4C)n2)ccc1OC(F)F. The number of hydrogen-bond donors (Lipinski definition) is 0. The summed E-state index contributed by atoms with van der Waals surface area (Å²) in [4.78, 5) is 6.64. The minimum absolute atomic E-state index is 0.0516. The molecule has 0 saturated carbocycles. The van der Waals surface area contributed by atoms with Crippen LogP contribution >= 0.6 is 0 Å². The maximum absolute atomic E-state index is 12.5. The van der Waals surface area contributed by atoms with Gasteiger partial charge in [0.2, 0.25) is 11.7 Å². The second-order valence-corrected chi connectivity index (χ2v) is 7.25. The van der Waals surface area contributed by atoms with Gasteiger partial charge in [0.25, 0.3) is 0 Å². The molecule has 30 heavy (non-hydrogen) atoms. The third-order valence-electron chi connectivity index (χ3n) is 5.37. The maximum atomic E-state index is 12.5. The Morgan fingerprint density at radius 2 is 2.17 bits per heavy atom. The number of halogens is 2. The molecule has 1 aliphatic rings. The number of fused-ring (bicyclic) bond motifs is 1. The Balaban J connectivity index is 1.50. The molecule has 4 rings (SSSR count). The van der Waals surface area contributed by atoms with Crippen molar-refractivity contribution in [2.24, 2.45) is 7.05 Å². The third kappa shape index (κ3) is 4.00. The molecule has 0 saturated heterocycles.